The first-order valence-electron chi connectivity index (χ1n) is 7.97. The van der Waals surface area contributed by atoms with E-state index in [1.807, 2.05) is 25.1 Å². The minimum absolute atomic E-state index is 0.241. The fourth-order valence-corrected chi connectivity index (χ4v) is 3.63. The van der Waals surface area contributed by atoms with Crippen LogP contribution in [0.1, 0.15) is 35.0 Å². The molecule has 5 nitrogen and oxygen atoms in total. The number of fused-ring (bicyclic) bond motifs is 5. The summed E-state index contributed by atoms with van der Waals surface area (Å²) in [6.45, 7) is 3.54. The summed E-state index contributed by atoms with van der Waals surface area (Å²) in [5.74, 6) is 1.38. The second-order valence-corrected chi connectivity index (χ2v) is 5.78. The summed E-state index contributed by atoms with van der Waals surface area (Å²) in [6.07, 6.45) is 1.95. The van der Waals surface area contributed by atoms with Gasteiger partial charge in [-0.2, -0.15) is 0 Å². The molecule has 0 amide bonds. The van der Waals surface area contributed by atoms with E-state index in [9.17, 15) is 4.79 Å². The zero-order valence-corrected chi connectivity index (χ0v) is 13.3. The molecular weight excluding hydrogens is 294 g/mol. The van der Waals surface area contributed by atoms with E-state index < -0.39 is 0 Å². The number of hydrogen-bond acceptors (Lipinski definition) is 4. The summed E-state index contributed by atoms with van der Waals surface area (Å²) >= 11 is 0. The van der Waals surface area contributed by atoms with Crippen LogP contribution < -0.4 is 9.47 Å². The maximum absolute atomic E-state index is 12.5. The lowest BCUT2D eigenvalue weighted by Gasteiger charge is -2.21. The van der Waals surface area contributed by atoms with Crippen LogP contribution in [0.15, 0.2) is 18.2 Å². The quantitative estimate of drug-likeness (QED) is 0.817. The summed E-state index contributed by atoms with van der Waals surface area (Å²) in [5, 5.41) is 0. The van der Waals surface area contributed by atoms with Crippen LogP contribution in [0.3, 0.4) is 0 Å². The molecule has 0 spiro atoms. The number of nitrogens with zero attached hydrogens (tertiary/aromatic N) is 1. The molecule has 0 saturated heterocycles. The molecule has 2 aliphatic rings. The van der Waals surface area contributed by atoms with Crippen molar-refractivity contribution in [2.24, 2.45) is 0 Å². The van der Waals surface area contributed by atoms with Crippen molar-refractivity contribution in [3.8, 4) is 22.8 Å². The van der Waals surface area contributed by atoms with Crippen molar-refractivity contribution < 1.29 is 19.0 Å². The van der Waals surface area contributed by atoms with Crippen molar-refractivity contribution in [2.75, 3.05) is 13.7 Å². The van der Waals surface area contributed by atoms with Gasteiger partial charge >= 0.3 is 5.97 Å². The summed E-state index contributed by atoms with van der Waals surface area (Å²) in [7, 11) is 1.65. The summed E-state index contributed by atoms with van der Waals surface area (Å²) in [4.78, 5) is 12.5. The SMILES string of the molecule is CCOC(=O)c1c2c(n3c1CCC3)-c1cc(OC)ccc1OC2. The second-order valence-electron chi connectivity index (χ2n) is 5.78. The third-order valence-corrected chi connectivity index (χ3v) is 4.56. The summed E-state index contributed by atoms with van der Waals surface area (Å²) in [5.41, 5.74) is 4.80. The Bertz CT molecular complexity index is 791. The van der Waals surface area contributed by atoms with Gasteiger partial charge in [0, 0.05) is 23.4 Å². The molecule has 2 aliphatic heterocycles. The highest BCUT2D eigenvalue weighted by molar-refractivity contribution is 5.96. The normalized spacial score (nSPS) is 14.5. The predicted molar refractivity (Wildman–Crippen MR) is 85.0 cm³/mol. The number of aromatic nitrogens is 1. The van der Waals surface area contributed by atoms with Crippen LogP contribution in [-0.4, -0.2) is 24.3 Å². The molecule has 0 bridgehead atoms. The van der Waals surface area contributed by atoms with E-state index in [1.54, 1.807) is 7.11 Å². The molecule has 0 radical (unpaired) electrons. The van der Waals surface area contributed by atoms with Crippen LogP contribution in [0.5, 0.6) is 11.5 Å². The van der Waals surface area contributed by atoms with Crippen LogP contribution in [0.25, 0.3) is 11.3 Å². The lowest BCUT2D eigenvalue weighted by atomic mass is 9.99. The largest absolute Gasteiger partial charge is 0.497 e. The Morgan fingerprint density at radius 2 is 2.26 bits per heavy atom. The zero-order valence-electron chi connectivity index (χ0n) is 13.3. The van der Waals surface area contributed by atoms with Gasteiger partial charge in [-0.1, -0.05) is 0 Å². The molecule has 1 aromatic heterocycles. The number of carbonyl (C=O) groups excluding carboxylic acids is 1. The highest BCUT2D eigenvalue weighted by Crippen LogP contribution is 2.45. The monoisotopic (exact) mass is 313 g/mol. The Morgan fingerprint density at radius 3 is 3.04 bits per heavy atom. The van der Waals surface area contributed by atoms with Crippen molar-refractivity contribution >= 4 is 5.97 Å². The first-order valence-corrected chi connectivity index (χ1v) is 7.97. The Balaban J connectivity index is 1.94. The molecule has 2 aromatic rings. The predicted octanol–water partition coefficient (Wildman–Crippen LogP) is 3.18. The highest BCUT2D eigenvalue weighted by Gasteiger charge is 2.34. The van der Waals surface area contributed by atoms with Gasteiger partial charge in [-0.25, -0.2) is 4.79 Å². The van der Waals surface area contributed by atoms with E-state index in [-0.39, 0.29) is 5.97 Å². The number of methoxy groups -OCH3 is 1. The summed E-state index contributed by atoms with van der Waals surface area (Å²) in [6, 6.07) is 5.80. The minimum atomic E-state index is -0.241. The molecular formula is C18H19NO4. The lowest BCUT2D eigenvalue weighted by molar-refractivity contribution is 0.0522. The van der Waals surface area contributed by atoms with E-state index in [0.29, 0.717) is 18.8 Å². The van der Waals surface area contributed by atoms with Crippen LogP contribution in [-0.2, 0) is 24.3 Å². The van der Waals surface area contributed by atoms with E-state index in [4.69, 9.17) is 14.2 Å². The molecule has 120 valence electrons. The van der Waals surface area contributed by atoms with Crippen molar-refractivity contribution in [2.45, 2.75) is 32.9 Å². The number of ether oxygens (including phenoxy) is 3. The van der Waals surface area contributed by atoms with Crippen LogP contribution in [0.4, 0.5) is 0 Å². The molecule has 0 aliphatic carbocycles. The first-order chi connectivity index (χ1) is 11.2. The topological polar surface area (TPSA) is 49.7 Å². The molecule has 0 atom stereocenters. The summed E-state index contributed by atoms with van der Waals surface area (Å²) < 4.78 is 18.8. The van der Waals surface area contributed by atoms with Crippen LogP contribution in [0.2, 0.25) is 0 Å². The Morgan fingerprint density at radius 1 is 1.39 bits per heavy atom. The molecule has 0 N–H and O–H groups in total. The fraction of sp³-hybridized carbons (Fsp3) is 0.389. The first kappa shape index (κ1) is 14.2. The van der Waals surface area contributed by atoms with Gasteiger partial charge in [0.1, 0.15) is 18.1 Å². The standard InChI is InChI=1S/C18H19NO4/c1-3-22-18(20)16-13-10-23-15-7-6-11(21-2)9-12(15)17(13)19-8-4-5-14(16)19/h6-7,9H,3-5,8,10H2,1-2H3. The Labute approximate surface area is 134 Å². The molecule has 4 rings (SSSR count). The van der Waals surface area contributed by atoms with Gasteiger partial charge < -0.3 is 18.8 Å². The van der Waals surface area contributed by atoms with Crippen LogP contribution in [0, 0.1) is 0 Å². The maximum atomic E-state index is 12.5. The molecule has 0 unspecified atom stereocenters. The van der Waals surface area contributed by atoms with E-state index in [1.165, 1.54) is 0 Å². The van der Waals surface area contributed by atoms with Gasteiger partial charge in [0.05, 0.1) is 25.0 Å². The third kappa shape index (κ3) is 2.03. The zero-order chi connectivity index (χ0) is 16.0. The number of carbonyl (C=O) groups is 1. The molecule has 5 heteroatoms. The van der Waals surface area contributed by atoms with Gasteiger partial charge in [0.15, 0.2) is 0 Å². The fourth-order valence-electron chi connectivity index (χ4n) is 3.63. The average Bonchev–Trinajstić information content (AvgIpc) is 3.14. The maximum Gasteiger partial charge on any atom is 0.340 e. The van der Waals surface area contributed by atoms with Crippen LogP contribution >= 0.6 is 0 Å². The lowest BCUT2D eigenvalue weighted by Crippen LogP contribution is -2.12. The molecule has 0 saturated carbocycles. The molecule has 1 aromatic carbocycles. The van der Waals surface area contributed by atoms with Gasteiger partial charge in [0.2, 0.25) is 0 Å². The highest BCUT2D eigenvalue weighted by atomic mass is 16.5. The van der Waals surface area contributed by atoms with Crippen molar-refractivity contribution in [1.29, 1.82) is 0 Å². The number of hydrogen-bond donors (Lipinski definition) is 0. The van der Waals surface area contributed by atoms with E-state index >= 15 is 0 Å². The minimum Gasteiger partial charge on any atom is -0.497 e. The van der Waals surface area contributed by atoms with E-state index in [2.05, 4.69) is 4.57 Å². The van der Waals surface area contributed by atoms with Gasteiger partial charge in [-0.05, 0) is 38.0 Å². The third-order valence-electron chi connectivity index (χ3n) is 4.56. The van der Waals surface area contributed by atoms with Gasteiger partial charge in [0.25, 0.3) is 0 Å². The number of esters is 1. The second kappa shape index (κ2) is 5.33. The Hall–Kier alpha value is -2.43. The number of benzene rings is 1. The van der Waals surface area contributed by atoms with Gasteiger partial charge in [-0.3, -0.25) is 0 Å². The smallest absolute Gasteiger partial charge is 0.340 e. The number of rotatable bonds is 3. The van der Waals surface area contributed by atoms with Gasteiger partial charge in [-0.15, -0.1) is 0 Å². The average molecular weight is 313 g/mol. The van der Waals surface area contributed by atoms with Crippen molar-refractivity contribution in [1.82, 2.24) is 4.57 Å². The van der Waals surface area contributed by atoms with E-state index in [0.717, 1.165) is 53.4 Å². The molecule has 3 heterocycles. The van der Waals surface area contributed by atoms with Crippen molar-refractivity contribution in [3.63, 3.8) is 0 Å². The Kier molecular flexibility index (Phi) is 3.29. The van der Waals surface area contributed by atoms with Crippen molar-refractivity contribution in [3.05, 3.63) is 35.0 Å². The molecule has 0 fully saturated rings. The molecule has 23 heavy (non-hydrogen) atoms.